The van der Waals surface area contributed by atoms with Gasteiger partial charge in [0.05, 0.1) is 7.11 Å². The molecule has 19 heavy (non-hydrogen) atoms. The number of rotatable bonds is 5. The van der Waals surface area contributed by atoms with Gasteiger partial charge in [0.25, 0.3) is 0 Å². The van der Waals surface area contributed by atoms with Crippen LogP contribution in [0.15, 0.2) is 23.8 Å². The maximum absolute atomic E-state index is 13.0. The summed E-state index contributed by atoms with van der Waals surface area (Å²) >= 11 is 0. The van der Waals surface area contributed by atoms with Gasteiger partial charge in [0.15, 0.2) is 5.78 Å². The van der Waals surface area contributed by atoms with Gasteiger partial charge in [0.1, 0.15) is 23.8 Å². The quantitative estimate of drug-likeness (QED) is 0.354. The molecule has 0 fully saturated rings. The minimum atomic E-state index is -0.897. The van der Waals surface area contributed by atoms with Crippen molar-refractivity contribution in [3.05, 3.63) is 41.0 Å². The van der Waals surface area contributed by atoms with E-state index in [1.807, 2.05) is 0 Å². The van der Waals surface area contributed by atoms with Crippen molar-refractivity contribution >= 4 is 17.8 Å². The van der Waals surface area contributed by atoms with Crippen LogP contribution in [0.3, 0.4) is 0 Å². The van der Waals surface area contributed by atoms with Crippen LogP contribution in [0.25, 0.3) is 6.08 Å². The van der Waals surface area contributed by atoms with Crippen molar-refractivity contribution in [3.8, 4) is 0 Å². The standard InChI is InChI=1S/C13H12F2O4/c1-18-7-12(16)11(13(17)19-2)5-8-3-9(14)6-10(15)4-8/h3-6H,7H2,1-2H3/b11-5-. The SMILES string of the molecule is COCC(=O)/C(=C/c1cc(F)cc(F)c1)C(=O)OC. The lowest BCUT2D eigenvalue weighted by Crippen LogP contribution is -2.18. The first-order valence-corrected chi connectivity index (χ1v) is 5.26. The Bertz CT molecular complexity index is 503. The maximum atomic E-state index is 13.0. The number of halogens is 2. The van der Waals surface area contributed by atoms with E-state index in [0.29, 0.717) is 6.07 Å². The summed E-state index contributed by atoms with van der Waals surface area (Å²) in [5.74, 6) is -3.16. The molecule has 0 aliphatic carbocycles. The minimum Gasteiger partial charge on any atom is -0.465 e. The number of ketones is 1. The molecule has 0 N–H and O–H groups in total. The summed E-state index contributed by atoms with van der Waals surface area (Å²) in [4.78, 5) is 23.1. The molecule has 0 bridgehead atoms. The highest BCUT2D eigenvalue weighted by Crippen LogP contribution is 2.13. The van der Waals surface area contributed by atoms with Crippen molar-refractivity contribution in [2.24, 2.45) is 0 Å². The highest BCUT2D eigenvalue weighted by molar-refractivity contribution is 6.21. The Morgan fingerprint density at radius 2 is 1.74 bits per heavy atom. The largest absolute Gasteiger partial charge is 0.465 e. The first-order valence-electron chi connectivity index (χ1n) is 5.26. The Labute approximate surface area is 108 Å². The number of ether oxygens (including phenoxy) is 2. The lowest BCUT2D eigenvalue weighted by molar-refractivity contribution is -0.138. The van der Waals surface area contributed by atoms with Crippen LogP contribution in [0.5, 0.6) is 0 Å². The maximum Gasteiger partial charge on any atom is 0.341 e. The molecular formula is C13H12F2O4. The van der Waals surface area contributed by atoms with Gasteiger partial charge in [-0.1, -0.05) is 0 Å². The molecule has 0 spiro atoms. The lowest BCUT2D eigenvalue weighted by Gasteiger charge is -2.04. The Balaban J connectivity index is 3.19. The summed E-state index contributed by atoms with van der Waals surface area (Å²) in [7, 11) is 2.39. The topological polar surface area (TPSA) is 52.6 Å². The van der Waals surface area contributed by atoms with Gasteiger partial charge in [-0.25, -0.2) is 13.6 Å². The molecule has 6 heteroatoms. The van der Waals surface area contributed by atoms with Crippen LogP contribution in [0, 0.1) is 11.6 Å². The molecule has 0 heterocycles. The highest BCUT2D eigenvalue weighted by atomic mass is 19.1. The van der Waals surface area contributed by atoms with Crippen molar-refractivity contribution in [1.29, 1.82) is 0 Å². The Kier molecular flexibility index (Phi) is 5.32. The van der Waals surface area contributed by atoms with Gasteiger partial charge in [-0.2, -0.15) is 0 Å². The Morgan fingerprint density at radius 3 is 2.21 bits per heavy atom. The fraction of sp³-hybridized carbons (Fsp3) is 0.231. The van der Waals surface area contributed by atoms with Crippen LogP contribution >= 0.6 is 0 Å². The first kappa shape index (κ1) is 15.0. The average molecular weight is 270 g/mol. The zero-order chi connectivity index (χ0) is 14.4. The molecule has 0 atom stereocenters. The molecule has 0 saturated heterocycles. The second-order valence-corrected chi connectivity index (χ2v) is 3.61. The van der Waals surface area contributed by atoms with E-state index in [1.54, 1.807) is 0 Å². The molecular weight excluding hydrogens is 258 g/mol. The second kappa shape index (κ2) is 6.75. The van der Waals surface area contributed by atoms with Gasteiger partial charge in [0.2, 0.25) is 0 Å². The summed E-state index contributed by atoms with van der Waals surface area (Å²) in [5.41, 5.74) is -0.295. The monoisotopic (exact) mass is 270 g/mol. The molecule has 0 radical (unpaired) electrons. The normalized spacial score (nSPS) is 11.3. The smallest absolute Gasteiger partial charge is 0.341 e. The van der Waals surface area contributed by atoms with Gasteiger partial charge in [-0.3, -0.25) is 4.79 Å². The van der Waals surface area contributed by atoms with E-state index < -0.39 is 23.4 Å². The van der Waals surface area contributed by atoms with Gasteiger partial charge >= 0.3 is 5.97 Å². The average Bonchev–Trinajstić information content (AvgIpc) is 2.34. The third kappa shape index (κ3) is 4.26. The molecule has 0 aromatic heterocycles. The van der Waals surface area contributed by atoms with E-state index in [9.17, 15) is 18.4 Å². The third-order valence-corrected chi connectivity index (χ3v) is 2.18. The fourth-order valence-electron chi connectivity index (χ4n) is 1.40. The van der Waals surface area contributed by atoms with Gasteiger partial charge in [-0.15, -0.1) is 0 Å². The van der Waals surface area contributed by atoms with Crippen molar-refractivity contribution in [1.82, 2.24) is 0 Å². The molecule has 4 nitrogen and oxygen atoms in total. The second-order valence-electron chi connectivity index (χ2n) is 3.61. The van der Waals surface area contributed by atoms with E-state index >= 15 is 0 Å². The number of methoxy groups -OCH3 is 2. The van der Waals surface area contributed by atoms with Crippen molar-refractivity contribution in [2.75, 3.05) is 20.8 Å². The number of carbonyl (C=O) groups is 2. The zero-order valence-electron chi connectivity index (χ0n) is 10.4. The third-order valence-electron chi connectivity index (χ3n) is 2.18. The zero-order valence-corrected chi connectivity index (χ0v) is 10.4. The predicted molar refractivity (Wildman–Crippen MR) is 63.2 cm³/mol. The van der Waals surface area contributed by atoms with Gasteiger partial charge < -0.3 is 9.47 Å². The van der Waals surface area contributed by atoms with Crippen LogP contribution in [0.2, 0.25) is 0 Å². The summed E-state index contributed by atoms with van der Waals surface area (Å²) in [5, 5.41) is 0. The van der Waals surface area contributed by atoms with Crippen molar-refractivity contribution < 1.29 is 27.8 Å². The molecule has 0 unspecified atom stereocenters. The number of hydrogen-bond donors (Lipinski definition) is 0. The molecule has 0 amide bonds. The molecule has 1 rings (SSSR count). The summed E-state index contributed by atoms with van der Waals surface area (Å²) < 4.78 is 35.1. The van der Waals surface area contributed by atoms with E-state index in [-0.39, 0.29) is 17.7 Å². The first-order chi connectivity index (χ1) is 8.97. The number of esters is 1. The number of benzene rings is 1. The van der Waals surface area contributed by atoms with Crippen LogP contribution in [0.1, 0.15) is 5.56 Å². The lowest BCUT2D eigenvalue weighted by atomic mass is 10.1. The van der Waals surface area contributed by atoms with Gasteiger partial charge in [0, 0.05) is 13.2 Å². The van der Waals surface area contributed by atoms with Crippen molar-refractivity contribution in [3.63, 3.8) is 0 Å². The fourth-order valence-corrected chi connectivity index (χ4v) is 1.40. The van der Waals surface area contributed by atoms with E-state index in [2.05, 4.69) is 9.47 Å². The van der Waals surface area contributed by atoms with E-state index in [1.165, 1.54) is 7.11 Å². The molecule has 102 valence electrons. The molecule has 1 aromatic rings. The van der Waals surface area contributed by atoms with Crippen LogP contribution in [-0.4, -0.2) is 32.6 Å². The molecule has 0 aliphatic heterocycles. The Hall–Kier alpha value is -2.08. The number of Topliss-reactive ketones (excluding diaryl/α,β-unsaturated/α-hetero) is 1. The summed E-state index contributed by atoms with van der Waals surface area (Å²) in [6, 6.07) is 2.67. The predicted octanol–water partition coefficient (Wildman–Crippen LogP) is 1.74. The highest BCUT2D eigenvalue weighted by Gasteiger charge is 2.18. The van der Waals surface area contributed by atoms with E-state index in [0.717, 1.165) is 25.3 Å². The summed E-state index contributed by atoms with van der Waals surface area (Å²) in [6.07, 6.45) is 1.05. The van der Waals surface area contributed by atoms with Crippen molar-refractivity contribution in [2.45, 2.75) is 0 Å². The molecule has 1 aromatic carbocycles. The van der Waals surface area contributed by atoms with E-state index in [4.69, 9.17) is 0 Å². The number of hydrogen-bond acceptors (Lipinski definition) is 4. The molecule has 0 saturated carbocycles. The van der Waals surface area contributed by atoms with Crippen LogP contribution < -0.4 is 0 Å². The number of carbonyl (C=O) groups excluding carboxylic acids is 2. The Morgan fingerprint density at radius 1 is 1.16 bits per heavy atom. The van der Waals surface area contributed by atoms with Crippen LogP contribution in [0.4, 0.5) is 8.78 Å². The minimum absolute atomic E-state index is 0.0438. The summed E-state index contributed by atoms with van der Waals surface area (Å²) in [6.45, 7) is -0.335. The molecule has 0 aliphatic rings. The van der Waals surface area contributed by atoms with Crippen LogP contribution in [-0.2, 0) is 19.1 Å². The van der Waals surface area contributed by atoms with Gasteiger partial charge in [-0.05, 0) is 23.8 Å².